The minimum atomic E-state index is -0.490. The first-order valence-corrected chi connectivity index (χ1v) is 8.25. The number of nitro groups is 1. The molecule has 0 radical (unpaired) electrons. The van der Waals surface area contributed by atoms with Crippen LogP contribution in [0.4, 0.5) is 16.2 Å². The molecule has 1 N–H and O–H groups in total. The number of amides is 3. The fraction of sp³-hybridized carbons (Fsp3) is 0.500. The van der Waals surface area contributed by atoms with Crippen LogP contribution in [0.3, 0.4) is 0 Å². The highest BCUT2D eigenvalue weighted by atomic mass is 16.6. The zero-order valence-corrected chi connectivity index (χ0v) is 13.7. The molecule has 2 aliphatic heterocycles. The van der Waals surface area contributed by atoms with Crippen LogP contribution in [0.25, 0.3) is 0 Å². The van der Waals surface area contributed by atoms with Gasteiger partial charge in [-0.3, -0.25) is 14.9 Å². The predicted molar refractivity (Wildman–Crippen MR) is 89.2 cm³/mol. The normalized spacial score (nSPS) is 20.4. The van der Waals surface area contributed by atoms with E-state index in [2.05, 4.69) is 5.32 Å². The van der Waals surface area contributed by atoms with Crippen LogP contribution < -0.4 is 5.32 Å². The van der Waals surface area contributed by atoms with Crippen molar-refractivity contribution in [3.8, 4) is 0 Å². The van der Waals surface area contributed by atoms with E-state index in [1.165, 1.54) is 24.3 Å². The Labute approximate surface area is 144 Å². The molecule has 0 unspecified atom stereocenters. The Kier molecular flexibility index (Phi) is 5.13. The summed E-state index contributed by atoms with van der Waals surface area (Å²) in [5.74, 6) is 0.00734. The summed E-state index contributed by atoms with van der Waals surface area (Å²) in [4.78, 5) is 38.1. The second kappa shape index (κ2) is 7.47. The van der Waals surface area contributed by atoms with Crippen molar-refractivity contribution < 1.29 is 19.2 Å². The van der Waals surface area contributed by atoms with Gasteiger partial charge in [0.25, 0.3) is 11.6 Å². The molecule has 2 saturated heterocycles. The van der Waals surface area contributed by atoms with E-state index in [1.54, 1.807) is 9.80 Å². The number of hydrogen-bond acceptors (Lipinski definition) is 5. The second-order valence-electron chi connectivity index (χ2n) is 6.05. The van der Waals surface area contributed by atoms with E-state index in [0.717, 1.165) is 12.8 Å². The van der Waals surface area contributed by atoms with Crippen molar-refractivity contribution in [2.75, 3.05) is 38.1 Å². The van der Waals surface area contributed by atoms with Crippen molar-refractivity contribution in [3.63, 3.8) is 0 Å². The van der Waals surface area contributed by atoms with Crippen molar-refractivity contribution in [1.82, 2.24) is 9.80 Å². The van der Waals surface area contributed by atoms with E-state index in [1.807, 2.05) is 0 Å². The lowest BCUT2D eigenvalue weighted by atomic mass is 10.2. The van der Waals surface area contributed by atoms with Crippen molar-refractivity contribution >= 4 is 23.3 Å². The van der Waals surface area contributed by atoms with Gasteiger partial charge in [-0.05, 0) is 25.0 Å². The summed E-state index contributed by atoms with van der Waals surface area (Å²) in [5, 5.41) is 13.3. The standard InChI is InChI=1S/C16H20N4O5/c21-15(14-2-1-11-25-14)18-7-9-19(10-8-18)16(22)17-12-3-5-13(6-4-12)20(23)24/h3-6,14H,1-2,7-11H2,(H,17,22)/t14-/m0/s1. The van der Waals surface area contributed by atoms with E-state index >= 15 is 0 Å². The molecule has 9 heteroatoms. The van der Waals surface area contributed by atoms with E-state index in [4.69, 9.17) is 4.74 Å². The summed E-state index contributed by atoms with van der Waals surface area (Å²) < 4.78 is 5.42. The molecule has 3 rings (SSSR count). The quantitative estimate of drug-likeness (QED) is 0.657. The maximum atomic E-state index is 12.3. The van der Waals surface area contributed by atoms with Gasteiger partial charge >= 0.3 is 6.03 Å². The highest BCUT2D eigenvalue weighted by Crippen LogP contribution is 2.18. The number of piperazine rings is 1. The Bertz CT molecular complexity index is 649. The summed E-state index contributed by atoms with van der Waals surface area (Å²) in [6.07, 6.45) is 1.34. The van der Waals surface area contributed by atoms with Crippen molar-refractivity contribution in [2.24, 2.45) is 0 Å². The second-order valence-corrected chi connectivity index (χ2v) is 6.05. The number of urea groups is 1. The van der Waals surface area contributed by atoms with Gasteiger partial charge in [0.05, 0.1) is 4.92 Å². The number of nitro benzene ring substituents is 1. The smallest absolute Gasteiger partial charge is 0.321 e. The zero-order valence-electron chi connectivity index (χ0n) is 13.7. The van der Waals surface area contributed by atoms with Crippen LogP contribution in [-0.2, 0) is 9.53 Å². The molecule has 0 aliphatic carbocycles. The molecule has 1 aromatic rings. The van der Waals surface area contributed by atoms with Gasteiger partial charge in [0.1, 0.15) is 6.10 Å². The molecule has 25 heavy (non-hydrogen) atoms. The molecule has 9 nitrogen and oxygen atoms in total. The van der Waals surface area contributed by atoms with Crippen LogP contribution >= 0.6 is 0 Å². The number of anilines is 1. The molecule has 1 atom stereocenters. The van der Waals surface area contributed by atoms with Gasteiger partial charge in [0.15, 0.2) is 0 Å². The maximum absolute atomic E-state index is 12.3. The SMILES string of the molecule is O=C(Nc1ccc([N+](=O)[O-])cc1)N1CCN(C(=O)[C@@H]2CCCO2)CC1. The molecule has 1 aromatic carbocycles. The average molecular weight is 348 g/mol. The number of nitrogens with zero attached hydrogens (tertiary/aromatic N) is 3. The number of hydrogen-bond donors (Lipinski definition) is 1. The number of non-ortho nitro benzene ring substituents is 1. The van der Waals surface area contributed by atoms with Gasteiger partial charge < -0.3 is 19.9 Å². The van der Waals surface area contributed by atoms with Crippen LogP contribution in [0.5, 0.6) is 0 Å². The lowest BCUT2D eigenvalue weighted by Crippen LogP contribution is -2.53. The summed E-state index contributed by atoms with van der Waals surface area (Å²) in [7, 11) is 0. The molecule has 134 valence electrons. The van der Waals surface area contributed by atoms with Crippen LogP contribution in [0.2, 0.25) is 0 Å². The van der Waals surface area contributed by atoms with Crippen molar-refractivity contribution in [1.29, 1.82) is 0 Å². The molecule has 0 aromatic heterocycles. The zero-order chi connectivity index (χ0) is 17.8. The van der Waals surface area contributed by atoms with E-state index < -0.39 is 4.92 Å². The number of carbonyl (C=O) groups excluding carboxylic acids is 2. The predicted octanol–water partition coefficient (Wildman–Crippen LogP) is 1.45. The van der Waals surface area contributed by atoms with Gasteiger partial charge in [0.2, 0.25) is 0 Å². The Morgan fingerprint density at radius 1 is 1.12 bits per heavy atom. The molecule has 0 bridgehead atoms. The Balaban J connectivity index is 1.49. The molecule has 2 fully saturated rings. The summed E-state index contributed by atoms with van der Waals surface area (Å²) in [6, 6.07) is 5.39. The molecule has 2 heterocycles. The molecule has 0 saturated carbocycles. The molecule has 3 amide bonds. The number of ether oxygens (including phenoxy) is 1. The van der Waals surface area contributed by atoms with Crippen LogP contribution in [0.1, 0.15) is 12.8 Å². The Morgan fingerprint density at radius 3 is 2.32 bits per heavy atom. The van der Waals surface area contributed by atoms with Crippen molar-refractivity contribution in [2.45, 2.75) is 18.9 Å². The Hall–Kier alpha value is -2.68. The summed E-state index contributed by atoms with van der Waals surface area (Å²) >= 11 is 0. The first-order chi connectivity index (χ1) is 12.0. The minimum absolute atomic E-state index is 0.00734. The van der Waals surface area contributed by atoms with Gasteiger partial charge in [-0.2, -0.15) is 0 Å². The number of nitrogens with one attached hydrogen (secondary N) is 1. The first kappa shape index (κ1) is 17.2. The highest BCUT2D eigenvalue weighted by molar-refractivity contribution is 5.89. The third-order valence-corrected chi connectivity index (χ3v) is 4.41. The van der Waals surface area contributed by atoms with E-state index in [9.17, 15) is 19.7 Å². The fourth-order valence-corrected chi connectivity index (χ4v) is 2.97. The van der Waals surface area contributed by atoms with Crippen LogP contribution in [-0.4, -0.2) is 65.6 Å². The first-order valence-electron chi connectivity index (χ1n) is 8.25. The average Bonchev–Trinajstić information content (AvgIpc) is 3.16. The molecule has 2 aliphatic rings. The lowest BCUT2D eigenvalue weighted by Gasteiger charge is -2.35. The lowest BCUT2D eigenvalue weighted by molar-refractivity contribution is -0.384. The third-order valence-electron chi connectivity index (χ3n) is 4.41. The monoisotopic (exact) mass is 348 g/mol. The topological polar surface area (TPSA) is 105 Å². The van der Waals surface area contributed by atoms with Gasteiger partial charge in [-0.15, -0.1) is 0 Å². The van der Waals surface area contributed by atoms with Crippen LogP contribution in [0.15, 0.2) is 24.3 Å². The fourth-order valence-electron chi connectivity index (χ4n) is 2.97. The van der Waals surface area contributed by atoms with Gasteiger partial charge in [-0.1, -0.05) is 0 Å². The third kappa shape index (κ3) is 4.05. The number of carbonyl (C=O) groups is 2. The van der Waals surface area contributed by atoms with Gasteiger partial charge in [0, 0.05) is 50.6 Å². The van der Waals surface area contributed by atoms with Gasteiger partial charge in [-0.25, -0.2) is 4.79 Å². The van der Waals surface area contributed by atoms with E-state index in [-0.39, 0.29) is 23.7 Å². The number of benzene rings is 1. The molecule has 0 spiro atoms. The minimum Gasteiger partial charge on any atom is -0.368 e. The van der Waals surface area contributed by atoms with Crippen LogP contribution in [0, 0.1) is 10.1 Å². The maximum Gasteiger partial charge on any atom is 0.321 e. The summed E-state index contributed by atoms with van der Waals surface area (Å²) in [6.45, 7) is 2.47. The molecular weight excluding hydrogens is 328 g/mol. The highest BCUT2D eigenvalue weighted by Gasteiger charge is 2.31. The molecular formula is C16H20N4O5. The number of rotatable bonds is 3. The van der Waals surface area contributed by atoms with E-state index in [0.29, 0.717) is 38.5 Å². The summed E-state index contributed by atoms with van der Waals surface area (Å²) in [5.41, 5.74) is 0.465. The van der Waals surface area contributed by atoms with Crippen molar-refractivity contribution in [3.05, 3.63) is 34.4 Å². The Morgan fingerprint density at radius 2 is 1.76 bits per heavy atom. The largest absolute Gasteiger partial charge is 0.368 e.